The quantitative estimate of drug-likeness (QED) is 0.631. The number of ether oxygens (including phenoxy) is 2. The molecular weight excluding hydrogens is 406 g/mol. The molecule has 0 aliphatic carbocycles. The van der Waals surface area contributed by atoms with Crippen molar-refractivity contribution in [3.05, 3.63) is 70.8 Å². The van der Waals surface area contributed by atoms with Crippen molar-refractivity contribution in [2.24, 2.45) is 0 Å². The largest absolute Gasteiger partial charge is 0.462 e. The molecule has 0 saturated carbocycles. The molecule has 6 heteroatoms. The Balaban J connectivity index is 1.87. The maximum Gasteiger partial charge on any atom is 0.338 e. The number of carbonyl (C=O) groups is 3. The van der Waals surface area contributed by atoms with Gasteiger partial charge in [0.1, 0.15) is 0 Å². The van der Waals surface area contributed by atoms with E-state index >= 15 is 0 Å². The van der Waals surface area contributed by atoms with E-state index in [0.717, 1.165) is 30.6 Å². The first-order chi connectivity index (χ1) is 15.5. The molecule has 0 unspecified atom stereocenters. The Labute approximate surface area is 187 Å². The highest BCUT2D eigenvalue weighted by Crippen LogP contribution is 2.41. The van der Waals surface area contributed by atoms with Crippen molar-refractivity contribution in [3.8, 4) is 0 Å². The van der Waals surface area contributed by atoms with Crippen LogP contribution in [0.3, 0.4) is 0 Å². The van der Waals surface area contributed by atoms with Crippen LogP contribution in [-0.4, -0.2) is 48.4 Å². The van der Waals surface area contributed by atoms with Gasteiger partial charge in [0, 0.05) is 24.6 Å². The molecule has 0 aromatic heterocycles. The molecular formula is C26H27NO5. The predicted molar refractivity (Wildman–Crippen MR) is 121 cm³/mol. The molecule has 6 nitrogen and oxygen atoms in total. The van der Waals surface area contributed by atoms with Gasteiger partial charge in [-0.05, 0) is 62.1 Å². The van der Waals surface area contributed by atoms with Crippen molar-refractivity contribution in [3.63, 3.8) is 0 Å². The van der Waals surface area contributed by atoms with Crippen LogP contribution in [0.2, 0.25) is 0 Å². The Kier molecular flexibility index (Phi) is 6.40. The molecule has 0 amide bonds. The zero-order chi connectivity index (χ0) is 22.7. The van der Waals surface area contributed by atoms with Crippen LogP contribution in [0.5, 0.6) is 0 Å². The number of allylic oxidation sites excluding steroid dienone is 1. The zero-order valence-electron chi connectivity index (χ0n) is 18.4. The molecule has 0 bridgehead atoms. The second-order valence-electron chi connectivity index (χ2n) is 7.94. The summed E-state index contributed by atoms with van der Waals surface area (Å²) in [5.74, 6) is -0.755. The molecule has 2 aromatic carbocycles. The van der Waals surface area contributed by atoms with Gasteiger partial charge in [-0.25, -0.2) is 9.59 Å². The number of Topliss-reactive ketones (excluding diaryl/α,β-unsaturated/α-hetero) is 1. The van der Waals surface area contributed by atoms with E-state index in [-0.39, 0.29) is 24.4 Å². The Hall–Kier alpha value is -3.41. The number of rotatable bonds is 6. The first-order valence-corrected chi connectivity index (χ1v) is 11.1. The standard InChI is InChI=1S/C26H27NO5/c1-3-31-25(29)19-10-5-8-17(14-19)23-22(28)16-21-12-7-13-27(21)24(23)18-9-6-11-20(15-18)26(30)32-4-2/h5-6,8-11,14-15,21H,3-4,7,12-13,16H2,1-2H3/t21-/m1/s1. The summed E-state index contributed by atoms with van der Waals surface area (Å²) >= 11 is 0. The van der Waals surface area contributed by atoms with Gasteiger partial charge in [-0.3, -0.25) is 4.79 Å². The maximum absolute atomic E-state index is 13.4. The average molecular weight is 434 g/mol. The van der Waals surface area contributed by atoms with E-state index in [1.807, 2.05) is 18.2 Å². The molecule has 0 N–H and O–H groups in total. The second kappa shape index (κ2) is 9.39. The fraction of sp³-hybridized carbons (Fsp3) is 0.346. The molecule has 0 spiro atoms. The van der Waals surface area contributed by atoms with Crippen LogP contribution in [0.25, 0.3) is 11.3 Å². The number of fused-ring (bicyclic) bond motifs is 1. The summed E-state index contributed by atoms with van der Waals surface area (Å²) in [6.07, 6.45) is 2.41. The number of hydrogen-bond donors (Lipinski definition) is 0. The third-order valence-electron chi connectivity index (χ3n) is 5.91. The van der Waals surface area contributed by atoms with Crippen molar-refractivity contribution in [2.45, 2.75) is 39.2 Å². The number of nitrogens with zero attached hydrogens (tertiary/aromatic N) is 1. The van der Waals surface area contributed by atoms with Crippen LogP contribution >= 0.6 is 0 Å². The lowest BCUT2D eigenvalue weighted by atomic mass is 9.87. The number of benzene rings is 2. The summed E-state index contributed by atoms with van der Waals surface area (Å²) in [6, 6.07) is 14.4. The first-order valence-electron chi connectivity index (χ1n) is 11.1. The molecule has 1 fully saturated rings. The average Bonchev–Trinajstić information content (AvgIpc) is 3.26. The summed E-state index contributed by atoms with van der Waals surface area (Å²) in [6.45, 7) is 4.96. The lowest BCUT2D eigenvalue weighted by molar-refractivity contribution is -0.114. The lowest BCUT2D eigenvalue weighted by Gasteiger charge is -2.36. The zero-order valence-corrected chi connectivity index (χ0v) is 18.4. The summed E-state index contributed by atoms with van der Waals surface area (Å²) < 4.78 is 10.3. The number of hydrogen-bond acceptors (Lipinski definition) is 6. The van der Waals surface area contributed by atoms with Gasteiger partial charge in [-0.15, -0.1) is 0 Å². The lowest BCUT2D eigenvalue weighted by Crippen LogP contribution is -2.36. The molecule has 32 heavy (non-hydrogen) atoms. The van der Waals surface area contributed by atoms with Crippen molar-refractivity contribution in [1.82, 2.24) is 4.90 Å². The monoisotopic (exact) mass is 433 g/mol. The smallest absolute Gasteiger partial charge is 0.338 e. The topological polar surface area (TPSA) is 72.9 Å². The molecule has 2 aromatic rings. The second-order valence-corrected chi connectivity index (χ2v) is 7.94. The number of esters is 2. The predicted octanol–water partition coefficient (Wildman–Crippen LogP) is 4.35. The van der Waals surface area contributed by atoms with Crippen molar-refractivity contribution >= 4 is 29.0 Å². The fourth-order valence-electron chi connectivity index (χ4n) is 4.57. The minimum absolute atomic E-state index is 0.0469. The van der Waals surface area contributed by atoms with Crippen LogP contribution in [0, 0.1) is 0 Å². The Morgan fingerprint density at radius 3 is 2.16 bits per heavy atom. The van der Waals surface area contributed by atoms with Gasteiger partial charge in [0.2, 0.25) is 0 Å². The van der Waals surface area contributed by atoms with Crippen LogP contribution in [0.15, 0.2) is 48.5 Å². The van der Waals surface area contributed by atoms with Crippen LogP contribution < -0.4 is 0 Å². The van der Waals surface area contributed by atoms with Crippen molar-refractivity contribution in [2.75, 3.05) is 19.8 Å². The van der Waals surface area contributed by atoms with Gasteiger partial charge in [-0.2, -0.15) is 0 Å². The van der Waals surface area contributed by atoms with Gasteiger partial charge >= 0.3 is 11.9 Å². The Morgan fingerprint density at radius 1 is 0.938 bits per heavy atom. The molecule has 1 saturated heterocycles. The van der Waals surface area contributed by atoms with Crippen molar-refractivity contribution < 1.29 is 23.9 Å². The van der Waals surface area contributed by atoms with E-state index in [4.69, 9.17) is 9.47 Å². The fourth-order valence-corrected chi connectivity index (χ4v) is 4.57. The third kappa shape index (κ3) is 4.17. The van der Waals surface area contributed by atoms with E-state index in [1.54, 1.807) is 44.2 Å². The van der Waals surface area contributed by atoms with Gasteiger partial charge in [-0.1, -0.05) is 24.3 Å². The molecule has 2 aliphatic rings. The van der Waals surface area contributed by atoms with Crippen LogP contribution in [-0.2, 0) is 14.3 Å². The minimum atomic E-state index is -0.414. The third-order valence-corrected chi connectivity index (χ3v) is 5.91. The number of carbonyl (C=O) groups excluding carboxylic acids is 3. The van der Waals surface area contributed by atoms with Gasteiger partial charge in [0.15, 0.2) is 5.78 Å². The molecule has 2 aliphatic heterocycles. The van der Waals surface area contributed by atoms with E-state index in [1.165, 1.54) is 0 Å². The highest BCUT2D eigenvalue weighted by molar-refractivity contribution is 6.29. The van der Waals surface area contributed by atoms with Crippen LogP contribution in [0.4, 0.5) is 0 Å². The number of ketones is 1. The highest BCUT2D eigenvalue weighted by Gasteiger charge is 2.37. The molecule has 4 rings (SSSR count). The summed E-state index contributed by atoms with van der Waals surface area (Å²) in [7, 11) is 0. The minimum Gasteiger partial charge on any atom is -0.462 e. The van der Waals surface area contributed by atoms with Crippen LogP contribution in [0.1, 0.15) is 65.0 Å². The summed E-state index contributed by atoms with van der Waals surface area (Å²) in [4.78, 5) is 40.3. The van der Waals surface area contributed by atoms with Gasteiger partial charge in [0.05, 0.1) is 30.0 Å². The SMILES string of the molecule is CCOC(=O)c1cccc(C2=C(c3cccc(C(=O)OCC)c3)N3CCC[C@@H]3CC2=O)c1. The molecule has 2 heterocycles. The first kappa shape index (κ1) is 21.8. The Bertz CT molecular complexity index is 1090. The normalized spacial score (nSPS) is 17.9. The Morgan fingerprint density at radius 2 is 1.53 bits per heavy atom. The van der Waals surface area contributed by atoms with Crippen molar-refractivity contribution in [1.29, 1.82) is 0 Å². The summed E-state index contributed by atoms with van der Waals surface area (Å²) in [5, 5.41) is 0. The molecule has 1 atom stereocenters. The van der Waals surface area contributed by atoms with E-state index < -0.39 is 5.97 Å². The van der Waals surface area contributed by atoms with E-state index in [2.05, 4.69) is 4.90 Å². The maximum atomic E-state index is 13.4. The van der Waals surface area contributed by atoms with E-state index in [0.29, 0.717) is 35.3 Å². The molecule has 0 radical (unpaired) electrons. The summed E-state index contributed by atoms with van der Waals surface area (Å²) in [5.41, 5.74) is 3.73. The van der Waals surface area contributed by atoms with Gasteiger partial charge in [0.25, 0.3) is 0 Å². The molecule has 166 valence electrons. The highest BCUT2D eigenvalue weighted by atomic mass is 16.5. The van der Waals surface area contributed by atoms with Gasteiger partial charge < -0.3 is 14.4 Å². The van der Waals surface area contributed by atoms with E-state index in [9.17, 15) is 14.4 Å².